The zero-order valence-electron chi connectivity index (χ0n) is 12.8. The van der Waals surface area contributed by atoms with Crippen LogP contribution in [-0.4, -0.2) is 21.2 Å². The van der Waals surface area contributed by atoms with Crippen LogP contribution < -0.4 is 0 Å². The minimum Gasteiger partial charge on any atom is -0.481 e. The number of aromatic nitrogens is 2. The highest BCUT2D eigenvalue weighted by molar-refractivity contribution is 5.70. The topological polar surface area (TPSA) is 76.2 Å². The molecule has 0 aliphatic carbocycles. The van der Waals surface area contributed by atoms with Crippen molar-refractivity contribution in [2.24, 2.45) is 5.92 Å². The molecular formula is C16H20N2O3. The molecule has 1 N–H and O–H groups in total. The first-order chi connectivity index (χ1) is 9.86. The molecule has 2 aromatic rings. The van der Waals surface area contributed by atoms with Gasteiger partial charge in [0.25, 0.3) is 0 Å². The first-order valence-corrected chi connectivity index (χ1v) is 6.99. The van der Waals surface area contributed by atoms with Crippen LogP contribution in [0, 0.1) is 19.8 Å². The van der Waals surface area contributed by atoms with Gasteiger partial charge in [-0.05, 0) is 19.4 Å². The largest absolute Gasteiger partial charge is 0.481 e. The quantitative estimate of drug-likeness (QED) is 0.914. The van der Waals surface area contributed by atoms with E-state index in [1.165, 1.54) is 11.1 Å². The van der Waals surface area contributed by atoms with Crippen molar-refractivity contribution in [1.82, 2.24) is 10.1 Å². The first-order valence-electron chi connectivity index (χ1n) is 6.99. The van der Waals surface area contributed by atoms with Crippen LogP contribution in [0.15, 0.2) is 22.7 Å². The summed E-state index contributed by atoms with van der Waals surface area (Å²) >= 11 is 0. The van der Waals surface area contributed by atoms with E-state index in [1.54, 1.807) is 13.8 Å². The van der Waals surface area contributed by atoms with Crippen molar-refractivity contribution in [1.29, 1.82) is 0 Å². The molecule has 0 aliphatic heterocycles. The third-order valence-corrected chi connectivity index (χ3v) is 3.66. The summed E-state index contributed by atoms with van der Waals surface area (Å²) in [5.41, 5.74) is 3.52. The van der Waals surface area contributed by atoms with Gasteiger partial charge < -0.3 is 9.63 Å². The molecule has 2 rings (SSSR count). The van der Waals surface area contributed by atoms with E-state index in [2.05, 4.69) is 42.2 Å². The van der Waals surface area contributed by atoms with Gasteiger partial charge in [0.15, 0.2) is 5.82 Å². The van der Waals surface area contributed by atoms with Crippen LogP contribution in [0.1, 0.15) is 48.2 Å². The van der Waals surface area contributed by atoms with Crippen LogP contribution >= 0.6 is 0 Å². The molecule has 5 nitrogen and oxygen atoms in total. The second-order valence-corrected chi connectivity index (χ2v) is 5.64. The third-order valence-electron chi connectivity index (χ3n) is 3.66. The lowest BCUT2D eigenvalue weighted by Crippen LogP contribution is -2.16. The zero-order valence-corrected chi connectivity index (χ0v) is 12.8. The predicted molar refractivity (Wildman–Crippen MR) is 78.2 cm³/mol. The Balaban J connectivity index is 2.14. The summed E-state index contributed by atoms with van der Waals surface area (Å²) in [4.78, 5) is 15.3. The molecule has 21 heavy (non-hydrogen) atoms. The SMILES string of the molecule is Cc1cc(C)cc(Cc2noc(C(C)C(C)C(=O)O)n2)c1. The maximum absolute atomic E-state index is 11.0. The predicted octanol–water partition coefficient (Wildman–Crippen LogP) is 3.10. The summed E-state index contributed by atoms with van der Waals surface area (Å²) in [7, 11) is 0. The van der Waals surface area contributed by atoms with Gasteiger partial charge >= 0.3 is 5.97 Å². The summed E-state index contributed by atoms with van der Waals surface area (Å²) in [6.07, 6.45) is 0.584. The van der Waals surface area contributed by atoms with Crippen LogP contribution in [0.4, 0.5) is 0 Å². The summed E-state index contributed by atoms with van der Waals surface area (Å²) in [6.45, 7) is 7.53. The highest BCUT2D eigenvalue weighted by Crippen LogP contribution is 2.23. The Morgan fingerprint density at radius 2 is 1.86 bits per heavy atom. The fraction of sp³-hybridized carbons (Fsp3) is 0.438. The number of benzene rings is 1. The molecule has 1 heterocycles. The van der Waals surface area contributed by atoms with Crippen molar-refractivity contribution in [3.8, 4) is 0 Å². The number of nitrogens with zero attached hydrogens (tertiary/aromatic N) is 2. The van der Waals surface area contributed by atoms with E-state index in [9.17, 15) is 4.79 Å². The van der Waals surface area contributed by atoms with Crippen molar-refractivity contribution in [3.63, 3.8) is 0 Å². The number of carboxylic acid groups (broad SMARTS) is 1. The number of carboxylic acids is 1. The maximum atomic E-state index is 11.0. The number of hydrogen-bond acceptors (Lipinski definition) is 4. The fourth-order valence-electron chi connectivity index (χ4n) is 2.31. The van der Waals surface area contributed by atoms with Gasteiger partial charge in [0.2, 0.25) is 5.89 Å². The Morgan fingerprint density at radius 3 is 2.43 bits per heavy atom. The van der Waals surface area contributed by atoms with Crippen LogP contribution in [-0.2, 0) is 11.2 Å². The van der Waals surface area contributed by atoms with Gasteiger partial charge in [-0.25, -0.2) is 0 Å². The highest BCUT2D eigenvalue weighted by atomic mass is 16.5. The standard InChI is InChI=1S/C16H20N2O3/c1-9-5-10(2)7-13(6-9)8-14-17-15(21-18-14)11(3)12(4)16(19)20/h5-7,11-12H,8H2,1-4H3,(H,19,20). The molecule has 0 saturated heterocycles. The van der Waals surface area contributed by atoms with Gasteiger partial charge in [-0.15, -0.1) is 0 Å². The van der Waals surface area contributed by atoms with E-state index >= 15 is 0 Å². The van der Waals surface area contributed by atoms with Gasteiger partial charge in [-0.1, -0.05) is 48.3 Å². The Hall–Kier alpha value is -2.17. The molecule has 0 radical (unpaired) electrons. The number of aliphatic carboxylic acids is 1. The molecule has 0 fully saturated rings. The van der Waals surface area contributed by atoms with E-state index in [1.807, 2.05) is 0 Å². The van der Waals surface area contributed by atoms with E-state index in [-0.39, 0.29) is 5.92 Å². The Kier molecular flexibility index (Phi) is 4.40. The monoisotopic (exact) mass is 288 g/mol. The second-order valence-electron chi connectivity index (χ2n) is 5.64. The van der Waals surface area contributed by atoms with Crippen molar-refractivity contribution >= 4 is 5.97 Å². The number of rotatable bonds is 5. The molecule has 2 unspecified atom stereocenters. The number of carbonyl (C=O) groups is 1. The smallest absolute Gasteiger partial charge is 0.307 e. The minimum absolute atomic E-state index is 0.303. The molecule has 0 amide bonds. The molecule has 0 saturated carbocycles. The average molecular weight is 288 g/mol. The van der Waals surface area contributed by atoms with Crippen molar-refractivity contribution in [2.75, 3.05) is 0 Å². The maximum Gasteiger partial charge on any atom is 0.307 e. The van der Waals surface area contributed by atoms with Crippen LogP contribution in [0.2, 0.25) is 0 Å². The zero-order chi connectivity index (χ0) is 15.6. The summed E-state index contributed by atoms with van der Waals surface area (Å²) < 4.78 is 5.21. The minimum atomic E-state index is -0.864. The molecule has 2 atom stereocenters. The Bertz CT molecular complexity index is 628. The summed E-state index contributed by atoms with van der Waals surface area (Å²) in [5, 5.41) is 13.0. The number of hydrogen-bond donors (Lipinski definition) is 1. The van der Waals surface area contributed by atoms with Gasteiger partial charge in [-0.2, -0.15) is 4.98 Å². The van der Waals surface area contributed by atoms with Gasteiger partial charge in [0.1, 0.15) is 0 Å². The summed E-state index contributed by atoms with van der Waals surface area (Å²) in [6, 6.07) is 6.29. The average Bonchev–Trinajstić information content (AvgIpc) is 2.84. The normalized spacial score (nSPS) is 13.9. The van der Waals surface area contributed by atoms with Crippen molar-refractivity contribution < 1.29 is 14.4 Å². The third kappa shape index (κ3) is 3.68. The number of aryl methyl sites for hydroxylation is 2. The van der Waals surface area contributed by atoms with Gasteiger partial charge in [0, 0.05) is 12.3 Å². The Morgan fingerprint density at radius 1 is 1.24 bits per heavy atom. The van der Waals surface area contributed by atoms with Crippen LogP contribution in [0.5, 0.6) is 0 Å². The lowest BCUT2D eigenvalue weighted by Gasteiger charge is -2.10. The van der Waals surface area contributed by atoms with Crippen LogP contribution in [0.25, 0.3) is 0 Å². The van der Waals surface area contributed by atoms with E-state index < -0.39 is 11.9 Å². The molecular weight excluding hydrogens is 268 g/mol. The van der Waals surface area contributed by atoms with Gasteiger partial charge in [-0.3, -0.25) is 4.79 Å². The molecule has 112 valence electrons. The molecule has 5 heteroatoms. The summed E-state index contributed by atoms with van der Waals surface area (Å²) in [5.74, 6) is -0.761. The fourth-order valence-corrected chi connectivity index (χ4v) is 2.31. The molecule has 0 bridgehead atoms. The van der Waals surface area contributed by atoms with Crippen LogP contribution in [0.3, 0.4) is 0 Å². The molecule has 0 spiro atoms. The molecule has 1 aromatic carbocycles. The lowest BCUT2D eigenvalue weighted by atomic mass is 9.96. The van der Waals surface area contributed by atoms with Crippen molar-refractivity contribution in [2.45, 2.75) is 40.0 Å². The molecule has 0 aliphatic rings. The highest BCUT2D eigenvalue weighted by Gasteiger charge is 2.25. The van der Waals surface area contributed by atoms with E-state index in [4.69, 9.17) is 9.63 Å². The lowest BCUT2D eigenvalue weighted by molar-refractivity contribution is -0.141. The van der Waals surface area contributed by atoms with Crippen molar-refractivity contribution in [3.05, 3.63) is 46.6 Å². The van der Waals surface area contributed by atoms with E-state index in [0.29, 0.717) is 18.1 Å². The first kappa shape index (κ1) is 15.2. The second kappa shape index (κ2) is 6.08. The van der Waals surface area contributed by atoms with Gasteiger partial charge in [0.05, 0.1) is 5.92 Å². The Labute approximate surface area is 124 Å². The molecule has 1 aromatic heterocycles. The van der Waals surface area contributed by atoms with E-state index in [0.717, 1.165) is 5.56 Å².